The fourth-order valence-electron chi connectivity index (χ4n) is 4.29. The molecule has 1 N–H and O–H groups in total. The van der Waals surface area contributed by atoms with Crippen LogP contribution in [0.1, 0.15) is 18.5 Å². The molecule has 4 amide bonds. The Morgan fingerprint density at radius 3 is 2.77 bits per heavy atom. The third-order valence-corrected chi connectivity index (χ3v) is 6.15. The number of hydrogen-bond acceptors (Lipinski definition) is 7. The average Bonchev–Trinajstić information content (AvgIpc) is 3.47. The summed E-state index contributed by atoms with van der Waals surface area (Å²) in [6, 6.07) is 6.35. The molecule has 11 nitrogen and oxygen atoms in total. The van der Waals surface area contributed by atoms with Crippen molar-refractivity contribution in [1.29, 1.82) is 0 Å². The quantitative estimate of drug-likeness (QED) is 0.599. The summed E-state index contributed by atoms with van der Waals surface area (Å²) in [5.74, 6) is 1.51. The number of nitrogens with zero attached hydrogens (tertiary/aromatic N) is 6. The predicted molar refractivity (Wildman–Crippen MR) is 127 cm³/mol. The molecule has 0 aliphatic carbocycles. The lowest BCUT2D eigenvalue weighted by Crippen LogP contribution is -2.44. The van der Waals surface area contributed by atoms with Crippen LogP contribution in [-0.4, -0.2) is 74.0 Å². The van der Waals surface area contributed by atoms with Crippen LogP contribution in [0.4, 0.5) is 15.4 Å². The van der Waals surface area contributed by atoms with Crippen molar-refractivity contribution >= 4 is 17.9 Å². The number of carbonyl (C=O) groups is 2. The van der Waals surface area contributed by atoms with E-state index in [-0.39, 0.29) is 12.1 Å². The number of urea groups is 2. The molecule has 11 heteroatoms. The third kappa shape index (κ3) is 4.94. The second kappa shape index (κ2) is 9.71. The van der Waals surface area contributed by atoms with Crippen molar-refractivity contribution in [3.63, 3.8) is 0 Å². The van der Waals surface area contributed by atoms with Crippen molar-refractivity contribution in [2.24, 2.45) is 7.05 Å². The summed E-state index contributed by atoms with van der Waals surface area (Å²) in [5.41, 5.74) is 2.23. The number of anilines is 1. The van der Waals surface area contributed by atoms with Crippen LogP contribution in [0.5, 0.6) is 11.5 Å². The molecule has 2 aliphatic rings. The van der Waals surface area contributed by atoms with Crippen LogP contribution in [0.3, 0.4) is 0 Å². The normalized spacial score (nSPS) is 16.6. The van der Waals surface area contributed by atoms with Crippen molar-refractivity contribution in [2.45, 2.75) is 25.8 Å². The van der Waals surface area contributed by atoms with Crippen LogP contribution in [0.2, 0.25) is 0 Å². The molecule has 5 heterocycles. The highest BCUT2D eigenvalue weighted by molar-refractivity contribution is 6.01. The van der Waals surface area contributed by atoms with Gasteiger partial charge in [0.25, 0.3) is 0 Å². The number of carbonyl (C=O) groups excluding carboxylic acids is 2. The summed E-state index contributed by atoms with van der Waals surface area (Å²) in [4.78, 5) is 37.4. The van der Waals surface area contributed by atoms with Crippen molar-refractivity contribution in [1.82, 2.24) is 29.5 Å². The first kappa shape index (κ1) is 22.8. The summed E-state index contributed by atoms with van der Waals surface area (Å²) in [5, 5.41) is 6.91. The van der Waals surface area contributed by atoms with Crippen LogP contribution >= 0.6 is 0 Å². The number of rotatable bonds is 5. The van der Waals surface area contributed by atoms with E-state index in [4.69, 9.17) is 9.47 Å². The van der Waals surface area contributed by atoms with Crippen LogP contribution in [0.25, 0.3) is 11.3 Å². The fourth-order valence-corrected chi connectivity index (χ4v) is 4.29. The van der Waals surface area contributed by atoms with E-state index in [2.05, 4.69) is 20.4 Å². The first-order chi connectivity index (χ1) is 17.0. The van der Waals surface area contributed by atoms with Gasteiger partial charge in [-0.2, -0.15) is 5.10 Å². The van der Waals surface area contributed by atoms with E-state index in [1.165, 1.54) is 4.90 Å². The minimum absolute atomic E-state index is 0.123. The van der Waals surface area contributed by atoms with E-state index in [0.29, 0.717) is 49.3 Å². The Balaban J connectivity index is 1.23. The van der Waals surface area contributed by atoms with E-state index in [0.717, 1.165) is 24.1 Å². The van der Waals surface area contributed by atoms with Crippen LogP contribution < -0.4 is 10.1 Å². The van der Waals surface area contributed by atoms with Crippen molar-refractivity contribution in [3.05, 3.63) is 48.5 Å². The van der Waals surface area contributed by atoms with Crippen molar-refractivity contribution in [2.75, 3.05) is 31.6 Å². The zero-order chi connectivity index (χ0) is 24.4. The molecule has 5 rings (SSSR count). The van der Waals surface area contributed by atoms with Gasteiger partial charge in [-0.25, -0.2) is 19.5 Å². The van der Waals surface area contributed by atoms with Gasteiger partial charge in [0.1, 0.15) is 17.3 Å². The lowest BCUT2D eigenvalue weighted by atomic mass is 10.1. The van der Waals surface area contributed by atoms with Gasteiger partial charge in [0.05, 0.1) is 17.6 Å². The summed E-state index contributed by atoms with van der Waals surface area (Å²) in [7, 11) is 1.85. The van der Waals surface area contributed by atoms with E-state index >= 15 is 0 Å². The predicted octanol–water partition coefficient (Wildman–Crippen LogP) is 3.43. The summed E-state index contributed by atoms with van der Waals surface area (Å²) in [6.07, 6.45) is 6.88. The molecule has 3 aromatic rings. The van der Waals surface area contributed by atoms with Gasteiger partial charge in [0, 0.05) is 63.4 Å². The molecule has 0 spiro atoms. The maximum atomic E-state index is 12.8. The SMILES string of the molecule is Cc1nc(NC(=O)N2CCN(C3CCOCC3)C2=O)ccc1Oc1ccnc(-c2cnn(C)c2)c1. The largest absolute Gasteiger partial charge is 0.455 e. The molecule has 2 saturated heterocycles. The van der Waals surface area contributed by atoms with Gasteiger partial charge in [-0.05, 0) is 38.0 Å². The second-order valence-corrected chi connectivity index (χ2v) is 8.56. The van der Waals surface area contributed by atoms with Gasteiger partial charge in [0.2, 0.25) is 0 Å². The van der Waals surface area contributed by atoms with E-state index in [9.17, 15) is 9.59 Å². The molecule has 0 aromatic carbocycles. The maximum absolute atomic E-state index is 12.8. The molecule has 0 unspecified atom stereocenters. The Hall–Kier alpha value is -3.99. The number of ether oxygens (including phenoxy) is 2. The van der Waals surface area contributed by atoms with Gasteiger partial charge in [-0.15, -0.1) is 0 Å². The van der Waals surface area contributed by atoms with Gasteiger partial charge in [-0.3, -0.25) is 15.0 Å². The fraction of sp³-hybridized carbons (Fsp3) is 0.375. The zero-order valence-electron chi connectivity index (χ0n) is 19.7. The highest BCUT2D eigenvalue weighted by Gasteiger charge is 2.37. The van der Waals surface area contributed by atoms with Gasteiger partial charge < -0.3 is 14.4 Å². The van der Waals surface area contributed by atoms with E-state index in [1.807, 2.05) is 19.3 Å². The average molecular weight is 478 g/mol. The minimum Gasteiger partial charge on any atom is -0.455 e. The molecule has 0 bridgehead atoms. The first-order valence-corrected chi connectivity index (χ1v) is 11.6. The Kier molecular flexibility index (Phi) is 6.32. The van der Waals surface area contributed by atoms with Crippen molar-refractivity contribution in [3.8, 4) is 22.8 Å². The Labute approximate surface area is 202 Å². The molecule has 35 heavy (non-hydrogen) atoms. The zero-order valence-corrected chi connectivity index (χ0v) is 19.7. The van der Waals surface area contributed by atoms with E-state index < -0.39 is 6.03 Å². The molecule has 3 aromatic heterocycles. The number of aromatic nitrogens is 4. The highest BCUT2D eigenvalue weighted by atomic mass is 16.5. The van der Waals surface area contributed by atoms with Crippen LogP contribution in [-0.2, 0) is 11.8 Å². The molecule has 2 fully saturated rings. The summed E-state index contributed by atoms with van der Waals surface area (Å²) < 4.78 is 13.1. The van der Waals surface area contributed by atoms with Crippen molar-refractivity contribution < 1.29 is 19.1 Å². The standard InChI is InChI=1S/C24H27N7O4/c1-16-21(35-19-5-8-25-20(13-19)17-14-26-29(2)15-17)3-4-22(27-16)28-23(32)31-10-9-30(24(31)33)18-6-11-34-12-7-18/h3-5,8,13-15,18H,6-7,9-12H2,1-2H3,(H,27,28,32). The number of aryl methyl sites for hydroxylation is 2. The maximum Gasteiger partial charge on any atom is 0.331 e. The molecule has 182 valence electrons. The van der Waals surface area contributed by atoms with E-state index in [1.54, 1.807) is 47.1 Å². The third-order valence-electron chi connectivity index (χ3n) is 6.15. The van der Waals surface area contributed by atoms with Crippen LogP contribution in [0.15, 0.2) is 42.9 Å². The Morgan fingerprint density at radius 1 is 1.20 bits per heavy atom. The van der Waals surface area contributed by atoms with Crippen LogP contribution in [0, 0.1) is 6.92 Å². The lowest BCUT2D eigenvalue weighted by molar-refractivity contribution is 0.0510. The molecular formula is C24H27N7O4. The Morgan fingerprint density at radius 2 is 2.03 bits per heavy atom. The van der Waals surface area contributed by atoms with Gasteiger partial charge in [-0.1, -0.05) is 0 Å². The monoisotopic (exact) mass is 477 g/mol. The highest BCUT2D eigenvalue weighted by Crippen LogP contribution is 2.28. The number of nitrogens with one attached hydrogen (secondary N) is 1. The molecular weight excluding hydrogens is 450 g/mol. The molecule has 0 atom stereocenters. The molecule has 0 saturated carbocycles. The lowest BCUT2D eigenvalue weighted by Gasteiger charge is -2.30. The van der Waals surface area contributed by atoms with Gasteiger partial charge >= 0.3 is 12.1 Å². The number of amides is 4. The smallest absolute Gasteiger partial charge is 0.331 e. The summed E-state index contributed by atoms with van der Waals surface area (Å²) in [6.45, 7) is 3.96. The number of hydrogen-bond donors (Lipinski definition) is 1. The number of pyridine rings is 2. The van der Waals surface area contributed by atoms with Gasteiger partial charge in [0.15, 0.2) is 0 Å². The molecule has 2 aliphatic heterocycles. The summed E-state index contributed by atoms with van der Waals surface area (Å²) >= 11 is 0. The first-order valence-electron chi connectivity index (χ1n) is 11.6. The minimum atomic E-state index is -0.486. The molecule has 0 radical (unpaired) electrons. The Bertz CT molecular complexity index is 1240. The number of imide groups is 1. The second-order valence-electron chi connectivity index (χ2n) is 8.56. The topological polar surface area (TPSA) is 115 Å².